The summed E-state index contributed by atoms with van der Waals surface area (Å²) >= 11 is 1.84. The molecule has 2 heterocycles. The van der Waals surface area contributed by atoms with Gasteiger partial charge in [-0.05, 0) is 48.4 Å². The minimum atomic E-state index is 0.343. The lowest BCUT2D eigenvalue weighted by atomic mass is 9.94. The molecular formula is C14H17N3OS. The number of thiophene rings is 1. The van der Waals surface area contributed by atoms with Crippen LogP contribution in [0, 0.1) is 0 Å². The van der Waals surface area contributed by atoms with Gasteiger partial charge >= 0.3 is 0 Å². The Bertz CT molecular complexity index is 582. The second kappa shape index (κ2) is 5.09. The Morgan fingerprint density at radius 2 is 2.32 bits per heavy atom. The molecule has 0 bridgehead atoms. The van der Waals surface area contributed by atoms with Gasteiger partial charge in [-0.3, -0.25) is 0 Å². The van der Waals surface area contributed by atoms with E-state index in [4.69, 9.17) is 10.5 Å². The number of aryl methyl sites for hydroxylation is 1. The number of rotatable bonds is 3. The monoisotopic (exact) mass is 275 g/mol. The molecule has 0 aromatic carbocycles. The summed E-state index contributed by atoms with van der Waals surface area (Å²) in [6.45, 7) is 0. The molecule has 0 aliphatic heterocycles. The number of hydrogen-bond donors (Lipinski definition) is 2. The fourth-order valence-electron chi connectivity index (χ4n) is 2.51. The Morgan fingerprint density at radius 1 is 1.42 bits per heavy atom. The van der Waals surface area contributed by atoms with Crippen LogP contribution >= 0.6 is 11.3 Å². The van der Waals surface area contributed by atoms with Crippen molar-refractivity contribution in [3.63, 3.8) is 0 Å². The first-order valence-electron chi connectivity index (χ1n) is 6.41. The van der Waals surface area contributed by atoms with Crippen LogP contribution in [0.4, 0.5) is 11.5 Å². The Kier molecular flexibility index (Phi) is 3.29. The maximum Gasteiger partial charge on any atom is 0.238 e. The van der Waals surface area contributed by atoms with Crippen molar-refractivity contribution < 1.29 is 4.74 Å². The van der Waals surface area contributed by atoms with Gasteiger partial charge in [-0.15, -0.1) is 11.3 Å². The van der Waals surface area contributed by atoms with E-state index in [0.29, 0.717) is 17.6 Å². The lowest BCUT2D eigenvalue weighted by Gasteiger charge is -2.24. The fourth-order valence-corrected chi connectivity index (χ4v) is 3.50. The normalized spacial score (nSPS) is 17.8. The molecule has 2 aromatic heterocycles. The van der Waals surface area contributed by atoms with Crippen molar-refractivity contribution in [2.24, 2.45) is 0 Å². The van der Waals surface area contributed by atoms with Crippen LogP contribution in [0.25, 0.3) is 0 Å². The summed E-state index contributed by atoms with van der Waals surface area (Å²) < 4.78 is 5.16. The van der Waals surface area contributed by atoms with E-state index in [0.717, 1.165) is 12.2 Å². The molecule has 4 nitrogen and oxygen atoms in total. The Balaban J connectivity index is 1.83. The zero-order valence-corrected chi connectivity index (χ0v) is 11.7. The van der Waals surface area contributed by atoms with Crippen LogP contribution in [0.2, 0.25) is 0 Å². The minimum Gasteiger partial charge on any atom is -0.479 e. The first-order chi connectivity index (χ1) is 9.28. The predicted molar refractivity (Wildman–Crippen MR) is 78.8 cm³/mol. The topological polar surface area (TPSA) is 60.2 Å². The Hall–Kier alpha value is -1.75. The molecule has 0 fully saturated rings. The summed E-state index contributed by atoms with van der Waals surface area (Å²) in [5, 5.41) is 5.65. The van der Waals surface area contributed by atoms with Crippen LogP contribution in [0.3, 0.4) is 0 Å². The second-order valence-corrected chi connectivity index (χ2v) is 5.68. The average molecular weight is 275 g/mol. The number of anilines is 2. The molecular weight excluding hydrogens is 258 g/mol. The quantitative estimate of drug-likeness (QED) is 0.903. The van der Waals surface area contributed by atoms with E-state index in [1.54, 1.807) is 7.11 Å². The van der Waals surface area contributed by atoms with E-state index >= 15 is 0 Å². The standard InChI is InChI=1S/C14H17N3OS/c1-18-14-10(15)5-6-13(17-14)16-11-3-2-4-12-9(11)7-8-19-12/h5-8,11H,2-4,15H2,1H3,(H,16,17). The van der Waals surface area contributed by atoms with Crippen LogP contribution < -0.4 is 15.8 Å². The number of hydrogen-bond acceptors (Lipinski definition) is 5. The van der Waals surface area contributed by atoms with Gasteiger partial charge < -0.3 is 15.8 Å². The number of nitrogens with two attached hydrogens (primary N) is 1. The summed E-state index contributed by atoms with van der Waals surface area (Å²) in [6, 6.07) is 6.28. The zero-order valence-electron chi connectivity index (χ0n) is 10.8. The van der Waals surface area contributed by atoms with Crippen molar-refractivity contribution in [3.05, 3.63) is 34.0 Å². The van der Waals surface area contributed by atoms with E-state index < -0.39 is 0 Å². The van der Waals surface area contributed by atoms with Gasteiger partial charge in [-0.25, -0.2) is 0 Å². The van der Waals surface area contributed by atoms with Gasteiger partial charge in [0.15, 0.2) is 0 Å². The highest BCUT2D eigenvalue weighted by Gasteiger charge is 2.21. The molecule has 0 saturated carbocycles. The van der Waals surface area contributed by atoms with Gasteiger partial charge in [0.25, 0.3) is 0 Å². The molecule has 1 unspecified atom stereocenters. The van der Waals surface area contributed by atoms with Gasteiger partial charge in [0, 0.05) is 4.88 Å². The highest BCUT2D eigenvalue weighted by Crippen LogP contribution is 2.35. The number of nitrogens with zero attached hydrogens (tertiary/aromatic N) is 1. The number of fused-ring (bicyclic) bond motifs is 1. The highest BCUT2D eigenvalue weighted by atomic mass is 32.1. The molecule has 3 rings (SSSR count). The van der Waals surface area contributed by atoms with Crippen molar-refractivity contribution in [3.8, 4) is 5.88 Å². The average Bonchev–Trinajstić information content (AvgIpc) is 2.90. The lowest BCUT2D eigenvalue weighted by Crippen LogP contribution is -2.16. The van der Waals surface area contributed by atoms with E-state index in [2.05, 4.69) is 21.7 Å². The first kappa shape index (κ1) is 12.3. The third-order valence-electron chi connectivity index (χ3n) is 3.46. The van der Waals surface area contributed by atoms with Crippen LogP contribution in [-0.4, -0.2) is 12.1 Å². The summed E-state index contributed by atoms with van der Waals surface area (Å²) in [5.41, 5.74) is 7.75. The molecule has 1 aliphatic carbocycles. The van der Waals surface area contributed by atoms with Crippen molar-refractivity contribution in [1.82, 2.24) is 4.98 Å². The van der Waals surface area contributed by atoms with Gasteiger partial charge in [0.1, 0.15) is 5.82 Å². The zero-order chi connectivity index (χ0) is 13.2. The molecule has 0 amide bonds. The molecule has 100 valence electrons. The molecule has 3 N–H and O–H groups in total. The number of aromatic nitrogens is 1. The van der Waals surface area contributed by atoms with E-state index in [1.807, 2.05) is 23.5 Å². The van der Waals surface area contributed by atoms with Crippen molar-refractivity contribution in [2.75, 3.05) is 18.2 Å². The molecule has 0 radical (unpaired) electrons. The number of ether oxygens (including phenoxy) is 1. The highest BCUT2D eigenvalue weighted by molar-refractivity contribution is 7.10. The lowest BCUT2D eigenvalue weighted by molar-refractivity contribution is 0.400. The number of nitrogens with one attached hydrogen (secondary N) is 1. The number of pyridine rings is 1. The molecule has 0 spiro atoms. The number of nitrogen functional groups attached to an aromatic ring is 1. The van der Waals surface area contributed by atoms with Crippen LogP contribution in [0.1, 0.15) is 29.3 Å². The third kappa shape index (κ3) is 2.38. The minimum absolute atomic E-state index is 0.343. The van der Waals surface area contributed by atoms with Gasteiger partial charge in [-0.2, -0.15) is 4.98 Å². The van der Waals surface area contributed by atoms with Crippen LogP contribution in [-0.2, 0) is 6.42 Å². The van der Waals surface area contributed by atoms with E-state index in [9.17, 15) is 0 Å². The van der Waals surface area contributed by atoms with Crippen molar-refractivity contribution >= 4 is 22.8 Å². The predicted octanol–water partition coefficient (Wildman–Crippen LogP) is 3.22. The fraction of sp³-hybridized carbons (Fsp3) is 0.357. The van der Waals surface area contributed by atoms with Gasteiger partial charge in [0.2, 0.25) is 5.88 Å². The molecule has 2 aromatic rings. The number of methoxy groups -OCH3 is 1. The smallest absolute Gasteiger partial charge is 0.238 e. The summed E-state index contributed by atoms with van der Waals surface area (Å²) in [7, 11) is 1.58. The van der Waals surface area contributed by atoms with Gasteiger partial charge in [0.05, 0.1) is 18.8 Å². The summed E-state index contributed by atoms with van der Waals surface area (Å²) in [6.07, 6.45) is 3.55. The Labute approximate surface area is 116 Å². The maximum absolute atomic E-state index is 5.78. The first-order valence-corrected chi connectivity index (χ1v) is 7.29. The largest absolute Gasteiger partial charge is 0.479 e. The molecule has 0 saturated heterocycles. The van der Waals surface area contributed by atoms with Crippen molar-refractivity contribution in [2.45, 2.75) is 25.3 Å². The maximum atomic E-state index is 5.78. The van der Waals surface area contributed by atoms with Crippen LogP contribution in [0.15, 0.2) is 23.6 Å². The van der Waals surface area contributed by atoms with E-state index in [1.165, 1.54) is 23.3 Å². The molecule has 19 heavy (non-hydrogen) atoms. The second-order valence-electron chi connectivity index (χ2n) is 4.68. The summed E-state index contributed by atoms with van der Waals surface area (Å²) in [5.74, 6) is 1.29. The van der Waals surface area contributed by atoms with Crippen molar-refractivity contribution in [1.29, 1.82) is 0 Å². The van der Waals surface area contributed by atoms with Crippen LogP contribution in [0.5, 0.6) is 5.88 Å². The van der Waals surface area contributed by atoms with E-state index in [-0.39, 0.29) is 0 Å². The summed E-state index contributed by atoms with van der Waals surface area (Å²) in [4.78, 5) is 5.88. The Morgan fingerprint density at radius 3 is 3.16 bits per heavy atom. The molecule has 1 atom stereocenters. The third-order valence-corrected chi connectivity index (χ3v) is 4.45. The SMILES string of the molecule is COc1nc(NC2CCCc3sccc32)ccc1N. The van der Waals surface area contributed by atoms with Gasteiger partial charge in [-0.1, -0.05) is 0 Å². The molecule has 1 aliphatic rings. The molecule has 5 heteroatoms.